The molecule has 26 heavy (non-hydrogen) atoms. The van der Waals surface area contributed by atoms with Crippen molar-refractivity contribution in [3.8, 4) is 0 Å². The first-order valence-corrected chi connectivity index (χ1v) is 9.71. The van der Waals surface area contributed by atoms with Crippen LogP contribution in [0.5, 0.6) is 0 Å². The summed E-state index contributed by atoms with van der Waals surface area (Å²) in [6.45, 7) is 8.71. The molecule has 0 saturated heterocycles. The Kier molecular flexibility index (Phi) is 6.01. The van der Waals surface area contributed by atoms with E-state index >= 15 is 0 Å². The maximum Gasteiger partial charge on any atom is 0.0505 e. The van der Waals surface area contributed by atoms with Crippen LogP contribution in [0.15, 0.2) is 89.0 Å². The third-order valence-corrected chi connectivity index (χ3v) is 5.78. The summed E-state index contributed by atoms with van der Waals surface area (Å²) in [4.78, 5) is 1.77. The predicted octanol–water partition coefficient (Wildman–Crippen LogP) is 5.36. The highest BCUT2D eigenvalue weighted by molar-refractivity contribution is 8.00. The summed E-state index contributed by atoms with van der Waals surface area (Å²) in [5, 5.41) is 3.27. The number of nitrogens with two attached hydrogens (primary N) is 1. The topological polar surface area (TPSA) is 41.3 Å². The van der Waals surface area contributed by atoms with Crippen LogP contribution < -0.4 is 15.4 Å². The Morgan fingerprint density at radius 3 is 2.85 bits per heavy atom. The molecule has 1 aliphatic heterocycles. The van der Waals surface area contributed by atoms with Crippen molar-refractivity contribution >= 4 is 36.0 Å². The van der Waals surface area contributed by atoms with Gasteiger partial charge in [-0.1, -0.05) is 37.4 Å². The van der Waals surface area contributed by atoms with E-state index in [1.807, 2.05) is 12.1 Å². The summed E-state index contributed by atoms with van der Waals surface area (Å²) in [5.74, 6) is 0. The van der Waals surface area contributed by atoms with E-state index < -0.39 is 0 Å². The second-order valence-corrected chi connectivity index (χ2v) is 7.61. The maximum absolute atomic E-state index is 5.84. The van der Waals surface area contributed by atoms with Crippen LogP contribution in [-0.2, 0) is 6.42 Å². The summed E-state index contributed by atoms with van der Waals surface area (Å²) in [6, 6.07) is 16.9. The van der Waals surface area contributed by atoms with Gasteiger partial charge in [-0.15, -0.1) is 12.6 Å². The molecular formula is C21H23N3S2. The minimum Gasteiger partial charge on any atom is -0.398 e. The number of anilines is 2. The molecule has 0 saturated carbocycles. The number of hydrogen-bond acceptors (Lipinski definition) is 5. The van der Waals surface area contributed by atoms with E-state index in [1.165, 1.54) is 22.6 Å². The van der Waals surface area contributed by atoms with Crippen molar-refractivity contribution in [1.29, 1.82) is 0 Å². The van der Waals surface area contributed by atoms with Crippen LogP contribution in [-0.4, -0.2) is 6.54 Å². The number of thiol groups is 1. The second kappa shape index (κ2) is 8.43. The molecule has 134 valence electrons. The molecule has 3 nitrogen and oxygen atoms in total. The second-order valence-electron chi connectivity index (χ2n) is 6.07. The van der Waals surface area contributed by atoms with Gasteiger partial charge in [-0.05, 0) is 60.7 Å². The third kappa shape index (κ3) is 4.29. The summed E-state index contributed by atoms with van der Waals surface area (Å²) in [5.41, 5.74) is 10.7. The molecule has 0 radical (unpaired) electrons. The van der Waals surface area contributed by atoms with Crippen LogP contribution in [0.1, 0.15) is 12.0 Å². The Morgan fingerprint density at radius 2 is 2.04 bits per heavy atom. The van der Waals surface area contributed by atoms with E-state index in [2.05, 4.69) is 71.8 Å². The molecule has 0 fully saturated rings. The average molecular weight is 382 g/mol. The number of nitrogens with one attached hydrogen (secondary N) is 1. The van der Waals surface area contributed by atoms with Gasteiger partial charge in [0.15, 0.2) is 0 Å². The zero-order chi connectivity index (χ0) is 18.5. The van der Waals surface area contributed by atoms with Gasteiger partial charge in [0, 0.05) is 28.5 Å². The fraction of sp³-hybridized carbons (Fsp3) is 0.143. The lowest BCUT2D eigenvalue weighted by molar-refractivity contribution is 0.795. The highest BCUT2D eigenvalue weighted by Gasteiger charge is 2.17. The van der Waals surface area contributed by atoms with Gasteiger partial charge >= 0.3 is 0 Å². The SMILES string of the molecule is C=C/C(N)=C(\S)C(=C)Nc1cccc(SN2CCCc3ccccc32)c1. The van der Waals surface area contributed by atoms with Crippen molar-refractivity contribution in [2.24, 2.45) is 5.73 Å². The highest BCUT2D eigenvalue weighted by atomic mass is 32.2. The lowest BCUT2D eigenvalue weighted by atomic mass is 10.0. The lowest BCUT2D eigenvalue weighted by Gasteiger charge is -2.30. The van der Waals surface area contributed by atoms with Crippen LogP contribution in [0.2, 0.25) is 0 Å². The summed E-state index contributed by atoms with van der Waals surface area (Å²) >= 11 is 6.16. The van der Waals surface area contributed by atoms with Crippen molar-refractivity contribution in [3.63, 3.8) is 0 Å². The zero-order valence-corrected chi connectivity index (χ0v) is 16.3. The van der Waals surface area contributed by atoms with Gasteiger partial charge < -0.3 is 15.4 Å². The van der Waals surface area contributed by atoms with E-state index in [0.29, 0.717) is 16.3 Å². The van der Waals surface area contributed by atoms with Gasteiger partial charge in [0.1, 0.15) is 0 Å². The van der Waals surface area contributed by atoms with Crippen LogP contribution in [0, 0.1) is 0 Å². The first kappa shape index (κ1) is 18.5. The van der Waals surface area contributed by atoms with Gasteiger partial charge in [-0.25, -0.2) is 0 Å². The molecule has 0 amide bonds. The molecule has 2 aromatic carbocycles. The Labute approximate surface area is 165 Å². The van der Waals surface area contributed by atoms with Gasteiger partial charge in [0.2, 0.25) is 0 Å². The molecule has 1 heterocycles. The first-order chi connectivity index (χ1) is 12.6. The summed E-state index contributed by atoms with van der Waals surface area (Å²) in [6.07, 6.45) is 3.89. The molecule has 0 bridgehead atoms. The molecule has 0 aliphatic carbocycles. The van der Waals surface area contributed by atoms with Crippen LogP contribution in [0.3, 0.4) is 0 Å². The smallest absolute Gasteiger partial charge is 0.0505 e. The van der Waals surface area contributed by atoms with Crippen LogP contribution >= 0.6 is 24.6 Å². The average Bonchev–Trinajstić information content (AvgIpc) is 2.67. The number of hydrogen-bond donors (Lipinski definition) is 3. The van der Waals surface area contributed by atoms with Crippen molar-refractivity contribution in [2.45, 2.75) is 17.7 Å². The summed E-state index contributed by atoms with van der Waals surface area (Å²) < 4.78 is 2.37. The molecule has 2 aromatic rings. The van der Waals surface area contributed by atoms with Gasteiger partial charge in [-0.2, -0.15) is 0 Å². The zero-order valence-electron chi connectivity index (χ0n) is 14.6. The van der Waals surface area contributed by atoms with Crippen LogP contribution in [0.4, 0.5) is 11.4 Å². The predicted molar refractivity (Wildman–Crippen MR) is 118 cm³/mol. The van der Waals surface area contributed by atoms with Crippen molar-refractivity contribution in [3.05, 3.63) is 89.6 Å². The molecule has 0 aromatic heterocycles. The number of rotatable bonds is 6. The normalized spacial score (nSPS) is 14.3. The number of aryl methyl sites for hydroxylation is 1. The number of allylic oxidation sites excluding steroid dienone is 1. The molecule has 5 heteroatoms. The van der Waals surface area contributed by atoms with E-state index in [4.69, 9.17) is 5.73 Å². The highest BCUT2D eigenvalue weighted by Crippen LogP contribution is 2.36. The van der Waals surface area contributed by atoms with E-state index in [1.54, 1.807) is 18.0 Å². The quantitative estimate of drug-likeness (QED) is 0.358. The van der Waals surface area contributed by atoms with Crippen molar-refractivity contribution in [1.82, 2.24) is 0 Å². The monoisotopic (exact) mass is 381 g/mol. The Hall–Kier alpha value is -2.24. The molecule has 3 rings (SSSR count). The van der Waals surface area contributed by atoms with Crippen LogP contribution in [0.25, 0.3) is 0 Å². The Bertz CT molecular complexity index is 858. The number of para-hydroxylation sites is 1. The van der Waals surface area contributed by atoms with E-state index in [-0.39, 0.29) is 0 Å². The Morgan fingerprint density at radius 1 is 1.23 bits per heavy atom. The molecule has 0 atom stereocenters. The number of nitrogens with zero attached hydrogens (tertiary/aromatic N) is 1. The van der Waals surface area contributed by atoms with Crippen molar-refractivity contribution in [2.75, 3.05) is 16.2 Å². The molecule has 0 unspecified atom stereocenters. The maximum atomic E-state index is 5.84. The standard InChI is InChI=1S/C21H23N3S2/c1-3-19(22)21(25)15(2)23-17-10-6-11-18(14-17)26-24-13-7-9-16-8-4-5-12-20(16)24/h3-6,8,10-12,14,23,25H,1-2,7,9,13,22H2/b21-19+. The molecule has 1 aliphatic rings. The molecule has 0 spiro atoms. The van der Waals surface area contributed by atoms with E-state index in [9.17, 15) is 0 Å². The first-order valence-electron chi connectivity index (χ1n) is 8.49. The molecular weight excluding hydrogens is 358 g/mol. The number of fused-ring (bicyclic) bond motifs is 1. The Balaban J connectivity index is 1.75. The molecule has 3 N–H and O–H groups in total. The fourth-order valence-electron chi connectivity index (χ4n) is 2.86. The fourth-order valence-corrected chi connectivity index (χ4v) is 4.07. The minimum atomic E-state index is 0.501. The minimum absolute atomic E-state index is 0.501. The third-order valence-electron chi connectivity index (χ3n) is 4.19. The summed E-state index contributed by atoms with van der Waals surface area (Å²) in [7, 11) is 0. The van der Waals surface area contributed by atoms with Gasteiger partial charge in [0.05, 0.1) is 10.6 Å². The van der Waals surface area contributed by atoms with E-state index in [0.717, 1.165) is 18.7 Å². The van der Waals surface area contributed by atoms with Gasteiger partial charge in [-0.3, -0.25) is 0 Å². The van der Waals surface area contributed by atoms with Crippen molar-refractivity contribution < 1.29 is 0 Å². The van der Waals surface area contributed by atoms with Gasteiger partial charge in [0.25, 0.3) is 0 Å². The number of benzene rings is 2. The lowest BCUT2D eigenvalue weighted by Crippen LogP contribution is -2.22. The largest absolute Gasteiger partial charge is 0.398 e.